The van der Waals surface area contributed by atoms with Gasteiger partial charge in [0.1, 0.15) is 25.1 Å². The smallest absolute Gasteiger partial charge is 0.192 e. The number of hydrogen-bond acceptors (Lipinski definition) is 5. The Hall–Kier alpha value is -2.29. The molecule has 0 radical (unpaired) electrons. The van der Waals surface area contributed by atoms with Crippen molar-refractivity contribution in [2.24, 2.45) is 0 Å². The second-order valence-electron chi connectivity index (χ2n) is 7.45. The van der Waals surface area contributed by atoms with Gasteiger partial charge in [0.05, 0.1) is 30.0 Å². The summed E-state index contributed by atoms with van der Waals surface area (Å²) < 4.78 is 9.63. The molecule has 0 atom stereocenters. The number of morpholine rings is 1. The molecule has 5 rings (SSSR count). The van der Waals surface area contributed by atoms with Crippen LogP contribution in [0.1, 0.15) is 17.7 Å². The number of fused-ring (bicyclic) bond motifs is 3. The summed E-state index contributed by atoms with van der Waals surface area (Å²) in [5, 5.41) is 7.81. The van der Waals surface area contributed by atoms with Crippen LogP contribution < -0.4 is 4.90 Å². The Labute approximate surface area is 167 Å². The molecule has 8 heteroatoms. The van der Waals surface area contributed by atoms with E-state index in [4.69, 9.17) is 14.7 Å². The zero-order valence-electron chi connectivity index (χ0n) is 16.3. The van der Waals surface area contributed by atoms with Gasteiger partial charge >= 0.3 is 0 Å². The minimum Gasteiger partial charge on any atom is -0.370 e. The van der Waals surface area contributed by atoms with Gasteiger partial charge in [-0.1, -0.05) is 6.07 Å². The van der Waals surface area contributed by atoms with Crippen molar-refractivity contribution >= 4 is 28.0 Å². The molecule has 0 amide bonds. The van der Waals surface area contributed by atoms with E-state index in [0.29, 0.717) is 0 Å². The lowest BCUT2D eigenvalue weighted by Crippen LogP contribution is -3.14. The van der Waals surface area contributed by atoms with Crippen molar-refractivity contribution in [3.63, 3.8) is 0 Å². The highest BCUT2D eigenvalue weighted by Crippen LogP contribution is 2.29. The topological polar surface area (TPSA) is 61.7 Å². The third-order valence-corrected chi connectivity index (χ3v) is 6.67. The normalized spacial score (nSPS) is 15.8. The molecule has 0 spiro atoms. The minimum absolute atomic E-state index is 0.769. The van der Waals surface area contributed by atoms with E-state index in [9.17, 15) is 0 Å². The molecule has 1 aliphatic rings. The maximum atomic E-state index is 5.46. The Balaban J connectivity index is 1.48. The summed E-state index contributed by atoms with van der Waals surface area (Å²) in [6.45, 7) is 10.5. The molecule has 1 fully saturated rings. The molecule has 4 aromatic heterocycles. The molecule has 0 aliphatic carbocycles. The van der Waals surface area contributed by atoms with Crippen LogP contribution in [0.4, 0.5) is 0 Å². The van der Waals surface area contributed by atoms with Crippen molar-refractivity contribution in [3.05, 3.63) is 35.1 Å². The number of quaternary nitrogens is 1. The van der Waals surface area contributed by atoms with E-state index in [1.54, 1.807) is 22.6 Å². The fourth-order valence-corrected chi connectivity index (χ4v) is 4.76. The Morgan fingerprint density at radius 3 is 2.86 bits per heavy atom. The number of ether oxygens (including phenoxy) is 1. The van der Waals surface area contributed by atoms with Gasteiger partial charge in [-0.2, -0.15) is 0 Å². The predicted molar refractivity (Wildman–Crippen MR) is 110 cm³/mol. The number of thiophene rings is 1. The standard InChI is InChI=1S/C20H24N6OS/c1-14-15(2)25(7-4-6-24-8-10-27-11-9-24)19-17(14)20-22-18(16-5-3-12-28-16)23-26(20)13-21-19/h3,5,12-13H,4,6-11H2,1-2H3/p+1. The lowest BCUT2D eigenvalue weighted by atomic mass is 10.2. The highest BCUT2D eigenvalue weighted by Gasteiger charge is 2.19. The van der Waals surface area contributed by atoms with E-state index in [0.717, 1.165) is 66.7 Å². The van der Waals surface area contributed by atoms with Crippen molar-refractivity contribution in [3.8, 4) is 10.7 Å². The van der Waals surface area contributed by atoms with Crippen LogP contribution in [0.25, 0.3) is 27.4 Å². The predicted octanol–water partition coefficient (Wildman–Crippen LogP) is 1.73. The second-order valence-corrected chi connectivity index (χ2v) is 8.40. The van der Waals surface area contributed by atoms with Crippen LogP contribution in [0.2, 0.25) is 0 Å². The first-order valence-electron chi connectivity index (χ1n) is 9.88. The third kappa shape index (κ3) is 3.01. The lowest BCUT2D eigenvalue weighted by Gasteiger charge is -2.23. The largest absolute Gasteiger partial charge is 0.370 e. The van der Waals surface area contributed by atoms with Crippen LogP contribution in [0.3, 0.4) is 0 Å². The van der Waals surface area contributed by atoms with Gasteiger partial charge in [-0.15, -0.1) is 16.4 Å². The highest BCUT2D eigenvalue weighted by molar-refractivity contribution is 7.13. The number of rotatable bonds is 5. The lowest BCUT2D eigenvalue weighted by molar-refractivity contribution is -0.908. The van der Waals surface area contributed by atoms with Gasteiger partial charge in [-0.3, -0.25) is 0 Å². The molecular formula is C20H25N6OS+. The maximum absolute atomic E-state index is 5.46. The van der Waals surface area contributed by atoms with Crippen molar-refractivity contribution in [1.29, 1.82) is 0 Å². The Morgan fingerprint density at radius 2 is 2.07 bits per heavy atom. The van der Waals surface area contributed by atoms with E-state index in [1.165, 1.54) is 17.8 Å². The second kappa shape index (κ2) is 7.27. The summed E-state index contributed by atoms with van der Waals surface area (Å²) in [5.74, 6) is 0.769. The van der Waals surface area contributed by atoms with Crippen LogP contribution in [0.5, 0.6) is 0 Å². The van der Waals surface area contributed by atoms with E-state index in [2.05, 4.69) is 35.0 Å². The molecule has 28 heavy (non-hydrogen) atoms. The molecule has 0 saturated carbocycles. The molecule has 0 unspecified atom stereocenters. The quantitative estimate of drug-likeness (QED) is 0.557. The zero-order chi connectivity index (χ0) is 19.1. The molecular weight excluding hydrogens is 372 g/mol. The Kier molecular flexibility index (Phi) is 4.62. The number of hydrogen-bond donors (Lipinski definition) is 1. The van der Waals surface area contributed by atoms with Gasteiger partial charge in [0.2, 0.25) is 0 Å². The summed E-state index contributed by atoms with van der Waals surface area (Å²) in [6.07, 6.45) is 2.93. The number of aromatic nitrogens is 5. The summed E-state index contributed by atoms with van der Waals surface area (Å²) in [6, 6.07) is 4.09. The van der Waals surface area contributed by atoms with Crippen molar-refractivity contribution in [2.45, 2.75) is 26.8 Å². The van der Waals surface area contributed by atoms with Gasteiger partial charge in [0.25, 0.3) is 0 Å². The summed E-state index contributed by atoms with van der Waals surface area (Å²) in [7, 11) is 0. The molecule has 7 nitrogen and oxygen atoms in total. The SMILES string of the molecule is Cc1c(C)n(CCC[NH+]2CCOCC2)c2ncn3nc(-c4cccs4)nc3c12. The first kappa shape index (κ1) is 17.8. The highest BCUT2D eigenvalue weighted by atomic mass is 32.1. The summed E-state index contributed by atoms with van der Waals surface area (Å²) >= 11 is 1.66. The van der Waals surface area contributed by atoms with Crippen molar-refractivity contribution in [2.75, 3.05) is 32.8 Å². The molecule has 5 heterocycles. The Morgan fingerprint density at radius 1 is 1.21 bits per heavy atom. The Bertz CT molecular complexity index is 1110. The fraction of sp³-hybridized carbons (Fsp3) is 0.450. The molecule has 1 N–H and O–H groups in total. The summed E-state index contributed by atoms with van der Waals surface area (Å²) in [4.78, 5) is 12.3. The molecule has 0 bridgehead atoms. The number of aryl methyl sites for hydroxylation is 2. The van der Waals surface area contributed by atoms with E-state index in [1.807, 2.05) is 10.6 Å². The number of nitrogens with zero attached hydrogens (tertiary/aromatic N) is 5. The summed E-state index contributed by atoms with van der Waals surface area (Å²) in [5.41, 5.74) is 4.43. The first-order valence-corrected chi connectivity index (χ1v) is 10.8. The number of nitrogens with one attached hydrogen (secondary N) is 1. The third-order valence-electron chi connectivity index (χ3n) is 5.80. The van der Waals surface area contributed by atoms with E-state index in [-0.39, 0.29) is 0 Å². The average Bonchev–Trinajstić information content (AvgIpc) is 3.43. The van der Waals surface area contributed by atoms with Crippen molar-refractivity contribution in [1.82, 2.24) is 24.1 Å². The van der Waals surface area contributed by atoms with Gasteiger partial charge in [-0.25, -0.2) is 14.5 Å². The average molecular weight is 398 g/mol. The van der Waals surface area contributed by atoms with Crippen LogP contribution >= 0.6 is 11.3 Å². The van der Waals surface area contributed by atoms with Gasteiger partial charge in [0, 0.05) is 18.7 Å². The molecule has 1 aliphatic heterocycles. The minimum atomic E-state index is 0.769. The molecule has 146 valence electrons. The van der Waals surface area contributed by atoms with Crippen molar-refractivity contribution < 1.29 is 9.64 Å². The van der Waals surface area contributed by atoms with Crippen LogP contribution in [0, 0.1) is 13.8 Å². The first-order chi connectivity index (χ1) is 13.7. The van der Waals surface area contributed by atoms with E-state index >= 15 is 0 Å². The maximum Gasteiger partial charge on any atom is 0.192 e. The van der Waals surface area contributed by atoms with Gasteiger partial charge in [-0.05, 0) is 30.9 Å². The monoisotopic (exact) mass is 397 g/mol. The van der Waals surface area contributed by atoms with Crippen LogP contribution in [-0.2, 0) is 11.3 Å². The van der Waals surface area contributed by atoms with Crippen LogP contribution in [-0.4, -0.2) is 57.0 Å². The fourth-order valence-electron chi connectivity index (χ4n) is 4.11. The van der Waals surface area contributed by atoms with Crippen LogP contribution in [0.15, 0.2) is 23.8 Å². The zero-order valence-corrected chi connectivity index (χ0v) is 17.1. The molecule has 1 saturated heterocycles. The van der Waals surface area contributed by atoms with E-state index < -0.39 is 0 Å². The molecule has 0 aromatic carbocycles. The van der Waals surface area contributed by atoms with Gasteiger partial charge in [0.15, 0.2) is 11.5 Å². The van der Waals surface area contributed by atoms with Gasteiger partial charge < -0.3 is 14.2 Å². The molecule has 4 aromatic rings.